The minimum absolute atomic E-state index is 0.648. The summed E-state index contributed by atoms with van der Waals surface area (Å²) in [5.74, 6) is 0. The lowest BCUT2D eigenvalue weighted by molar-refractivity contribution is 0.517. The minimum Gasteiger partial charge on any atom is -0.235 e. The van der Waals surface area contributed by atoms with E-state index in [1.54, 1.807) is 0 Å². The van der Waals surface area contributed by atoms with Gasteiger partial charge >= 0.3 is 0 Å². The molecule has 0 bridgehead atoms. The molecule has 1 saturated heterocycles. The standard InChI is InChI=1S/C4H10N2/c1-3-6-4(2)5-6/h4-5H,3H2,1-2H3. The normalized spacial score (nSPS) is 43.0. The van der Waals surface area contributed by atoms with Crippen LogP contribution < -0.4 is 5.43 Å². The Bertz CT molecular complexity index is 51.5. The molecule has 0 saturated carbocycles. The Kier molecular flexibility index (Phi) is 0.821. The lowest BCUT2D eigenvalue weighted by atomic mass is 10.6. The summed E-state index contributed by atoms with van der Waals surface area (Å²) in [6, 6.07) is 0. The van der Waals surface area contributed by atoms with E-state index in [9.17, 15) is 0 Å². The van der Waals surface area contributed by atoms with Gasteiger partial charge in [0.2, 0.25) is 0 Å². The van der Waals surface area contributed by atoms with Gasteiger partial charge in [0.05, 0.1) is 6.17 Å². The summed E-state index contributed by atoms with van der Waals surface area (Å²) >= 11 is 0. The van der Waals surface area contributed by atoms with E-state index in [4.69, 9.17) is 0 Å². The Morgan fingerprint density at radius 1 is 1.83 bits per heavy atom. The van der Waals surface area contributed by atoms with Gasteiger partial charge in [-0.2, -0.15) is 0 Å². The molecule has 2 nitrogen and oxygen atoms in total. The number of hydrogen-bond donors (Lipinski definition) is 1. The zero-order chi connectivity index (χ0) is 4.57. The molecule has 2 unspecified atom stereocenters. The summed E-state index contributed by atoms with van der Waals surface area (Å²) in [6.45, 7) is 5.40. The predicted molar refractivity (Wildman–Crippen MR) is 25.0 cm³/mol. The molecule has 2 atom stereocenters. The highest BCUT2D eigenvalue weighted by Gasteiger charge is 2.24. The highest BCUT2D eigenvalue weighted by molar-refractivity contribution is 4.69. The maximum Gasteiger partial charge on any atom is 0.0835 e. The van der Waals surface area contributed by atoms with Gasteiger partial charge in [-0.25, -0.2) is 10.4 Å². The maximum absolute atomic E-state index is 3.11. The largest absolute Gasteiger partial charge is 0.235 e. The first-order valence-corrected chi connectivity index (χ1v) is 2.37. The quantitative estimate of drug-likeness (QED) is 0.460. The summed E-state index contributed by atoms with van der Waals surface area (Å²) in [6.07, 6.45) is 0.648. The second-order valence-electron chi connectivity index (χ2n) is 1.59. The first-order valence-electron chi connectivity index (χ1n) is 2.37. The Morgan fingerprint density at radius 2 is 2.33 bits per heavy atom. The van der Waals surface area contributed by atoms with Gasteiger partial charge in [-0.3, -0.25) is 0 Å². The van der Waals surface area contributed by atoms with Gasteiger partial charge < -0.3 is 0 Å². The molecule has 1 N–H and O–H groups in total. The van der Waals surface area contributed by atoms with E-state index in [0.717, 1.165) is 6.54 Å². The number of hydrazine groups is 1. The highest BCUT2D eigenvalue weighted by atomic mass is 15.7. The number of nitrogens with zero attached hydrogens (tertiary/aromatic N) is 1. The van der Waals surface area contributed by atoms with Crippen LogP contribution in [0.5, 0.6) is 0 Å². The Morgan fingerprint density at radius 3 is 2.33 bits per heavy atom. The van der Waals surface area contributed by atoms with Crippen molar-refractivity contribution in [2.24, 2.45) is 0 Å². The maximum atomic E-state index is 3.11. The third kappa shape index (κ3) is 0.533. The summed E-state index contributed by atoms with van der Waals surface area (Å²) in [4.78, 5) is 0. The Hall–Kier alpha value is -0.0800. The van der Waals surface area contributed by atoms with Gasteiger partial charge in [-0.1, -0.05) is 6.92 Å². The fourth-order valence-corrected chi connectivity index (χ4v) is 0.572. The monoisotopic (exact) mass is 86.1 g/mol. The van der Waals surface area contributed by atoms with Crippen LogP contribution in [-0.2, 0) is 0 Å². The van der Waals surface area contributed by atoms with Crippen molar-refractivity contribution < 1.29 is 0 Å². The van der Waals surface area contributed by atoms with Crippen LogP contribution in [0, 0.1) is 0 Å². The third-order valence-corrected chi connectivity index (χ3v) is 1.09. The average molecular weight is 86.1 g/mol. The van der Waals surface area contributed by atoms with Crippen LogP contribution >= 0.6 is 0 Å². The fraction of sp³-hybridized carbons (Fsp3) is 1.00. The van der Waals surface area contributed by atoms with Crippen LogP contribution in [0.3, 0.4) is 0 Å². The van der Waals surface area contributed by atoms with Gasteiger partial charge in [0.1, 0.15) is 0 Å². The number of nitrogens with one attached hydrogen (secondary N) is 1. The van der Waals surface area contributed by atoms with Gasteiger partial charge in [-0.05, 0) is 6.92 Å². The SMILES string of the molecule is CCN1NC1C. The molecular weight excluding hydrogens is 76.1 g/mol. The van der Waals surface area contributed by atoms with Gasteiger partial charge in [-0.15, -0.1) is 0 Å². The second-order valence-corrected chi connectivity index (χ2v) is 1.59. The minimum atomic E-state index is 0.648. The molecule has 1 rings (SSSR count). The summed E-state index contributed by atoms with van der Waals surface area (Å²) in [7, 11) is 0. The van der Waals surface area contributed by atoms with Crippen molar-refractivity contribution in [3.8, 4) is 0 Å². The molecule has 36 valence electrons. The number of rotatable bonds is 1. The first-order chi connectivity index (χ1) is 2.84. The topological polar surface area (TPSA) is 25.0 Å². The Labute approximate surface area is 38.1 Å². The van der Waals surface area contributed by atoms with E-state index >= 15 is 0 Å². The van der Waals surface area contributed by atoms with Crippen LogP contribution in [0.25, 0.3) is 0 Å². The molecule has 0 aromatic rings. The third-order valence-electron chi connectivity index (χ3n) is 1.09. The van der Waals surface area contributed by atoms with Crippen molar-refractivity contribution in [1.82, 2.24) is 10.4 Å². The van der Waals surface area contributed by atoms with Gasteiger partial charge in [0.15, 0.2) is 0 Å². The van der Waals surface area contributed by atoms with Crippen molar-refractivity contribution in [2.75, 3.05) is 6.54 Å². The lowest BCUT2D eigenvalue weighted by Crippen LogP contribution is -1.97. The van der Waals surface area contributed by atoms with Crippen molar-refractivity contribution in [2.45, 2.75) is 20.0 Å². The van der Waals surface area contributed by atoms with Gasteiger partial charge in [0, 0.05) is 6.54 Å². The molecule has 1 fully saturated rings. The van der Waals surface area contributed by atoms with Crippen LogP contribution in [0.4, 0.5) is 0 Å². The average Bonchev–Trinajstić information content (AvgIpc) is 2.19. The molecule has 0 aliphatic carbocycles. The van der Waals surface area contributed by atoms with Crippen molar-refractivity contribution in [1.29, 1.82) is 0 Å². The molecular formula is C4H10N2. The van der Waals surface area contributed by atoms with E-state index < -0.39 is 0 Å². The number of hydrogen-bond acceptors (Lipinski definition) is 2. The highest BCUT2D eigenvalue weighted by Crippen LogP contribution is 2.03. The molecule has 1 aliphatic rings. The van der Waals surface area contributed by atoms with Crippen LogP contribution in [0.15, 0.2) is 0 Å². The predicted octanol–water partition coefficient (Wildman–Crippen LogP) is 0.173. The first kappa shape index (κ1) is 4.09. The summed E-state index contributed by atoms with van der Waals surface area (Å²) < 4.78 is 0. The van der Waals surface area contributed by atoms with E-state index in [1.165, 1.54) is 0 Å². The van der Waals surface area contributed by atoms with E-state index in [0.29, 0.717) is 6.17 Å². The molecule has 0 aromatic heterocycles. The molecule has 0 aromatic carbocycles. The van der Waals surface area contributed by atoms with Crippen molar-refractivity contribution in [3.05, 3.63) is 0 Å². The molecule has 6 heavy (non-hydrogen) atoms. The van der Waals surface area contributed by atoms with E-state index in [2.05, 4.69) is 24.3 Å². The molecule has 0 spiro atoms. The zero-order valence-electron chi connectivity index (χ0n) is 4.23. The molecule has 0 radical (unpaired) electrons. The van der Waals surface area contributed by atoms with Crippen LogP contribution in [-0.4, -0.2) is 17.7 Å². The van der Waals surface area contributed by atoms with Crippen molar-refractivity contribution >= 4 is 0 Å². The Balaban J connectivity index is 2.09. The molecule has 1 heterocycles. The van der Waals surface area contributed by atoms with Crippen LogP contribution in [0.2, 0.25) is 0 Å². The summed E-state index contributed by atoms with van der Waals surface area (Å²) in [5, 5.41) is 2.17. The fourth-order valence-electron chi connectivity index (χ4n) is 0.572. The summed E-state index contributed by atoms with van der Waals surface area (Å²) in [5.41, 5.74) is 3.11. The van der Waals surface area contributed by atoms with Gasteiger partial charge in [0.25, 0.3) is 0 Å². The van der Waals surface area contributed by atoms with Crippen LogP contribution in [0.1, 0.15) is 13.8 Å². The molecule has 2 heteroatoms. The smallest absolute Gasteiger partial charge is 0.0835 e. The molecule has 0 amide bonds. The molecule has 1 aliphatic heterocycles. The van der Waals surface area contributed by atoms with E-state index in [-0.39, 0.29) is 0 Å². The lowest BCUT2D eigenvalue weighted by Gasteiger charge is -1.83. The zero-order valence-corrected chi connectivity index (χ0v) is 4.23. The van der Waals surface area contributed by atoms with Crippen molar-refractivity contribution in [3.63, 3.8) is 0 Å². The second kappa shape index (κ2) is 1.21. The van der Waals surface area contributed by atoms with E-state index in [1.807, 2.05) is 0 Å².